The van der Waals surface area contributed by atoms with Gasteiger partial charge in [0.05, 0.1) is 16.9 Å². The van der Waals surface area contributed by atoms with E-state index in [1.54, 1.807) is 24.3 Å². The molecule has 3 aromatic rings. The summed E-state index contributed by atoms with van der Waals surface area (Å²) in [5, 5.41) is 6.11. The number of benzene rings is 3. The summed E-state index contributed by atoms with van der Waals surface area (Å²) in [6, 6.07) is 20.0. The highest BCUT2D eigenvalue weighted by atomic mass is 32.2. The molecule has 1 unspecified atom stereocenters. The van der Waals surface area contributed by atoms with Gasteiger partial charge in [0, 0.05) is 17.9 Å². The molecule has 0 radical (unpaired) electrons. The Hall–Kier alpha value is -3.52. The van der Waals surface area contributed by atoms with E-state index in [4.69, 9.17) is 0 Å². The van der Waals surface area contributed by atoms with Gasteiger partial charge in [-0.1, -0.05) is 43.3 Å². The van der Waals surface area contributed by atoms with E-state index in [0.717, 1.165) is 36.6 Å². The molecule has 6 nitrogen and oxygen atoms in total. The largest absolute Gasteiger partial charge is 0.346 e. The third-order valence-corrected chi connectivity index (χ3v) is 8.04. The van der Waals surface area contributed by atoms with E-state index >= 15 is 0 Å². The predicted molar refractivity (Wildman–Crippen MR) is 141 cm³/mol. The average Bonchev–Trinajstić information content (AvgIpc) is 2.83. The number of hydrogen-bond donors (Lipinski definition) is 2. The molecular weight excluding hydrogens is 491 g/mol. The highest BCUT2D eigenvalue weighted by Gasteiger charge is 2.40. The Labute approximate surface area is 217 Å². The molecule has 1 atom stereocenters. The number of amides is 2. The Balaban J connectivity index is 1.35. The van der Waals surface area contributed by atoms with Crippen molar-refractivity contribution in [1.82, 2.24) is 5.32 Å². The van der Waals surface area contributed by atoms with Crippen molar-refractivity contribution in [3.05, 3.63) is 95.3 Å². The molecule has 194 valence electrons. The highest BCUT2D eigenvalue weighted by molar-refractivity contribution is 7.90. The van der Waals surface area contributed by atoms with Crippen LogP contribution in [0.1, 0.15) is 42.9 Å². The lowest BCUT2D eigenvalue weighted by Gasteiger charge is -2.43. The monoisotopic (exact) mass is 522 g/mol. The second-order valence-electron chi connectivity index (χ2n) is 9.87. The van der Waals surface area contributed by atoms with Gasteiger partial charge in [-0.3, -0.25) is 9.59 Å². The van der Waals surface area contributed by atoms with Gasteiger partial charge in [-0.15, -0.1) is 0 Å². The maximum Gasteiger partial charge on any atom is 0.228 e. The van der Waals surface area contributed by atoms with Crippen molar-refractivity contribution in [2.45, 2.75) is 49.5 Å². The van der Waals surface area contributed by atoms with Crippen LogP contribution in [0.2, 0.25) is 0 Å². The lowest BCUT2D eigenvalue weighted by Crippen LogP contribution is -2.52. The number of halogens is 1. The molecule has 2 N–H and O–H groups in total. The number of carbonyl (C=O) groups is 2. The molecule has 1 saturated carbocycles. The molecule has 4 rings (SSSR count). The molecule has 1 fully saturated rings. The summed E-state index contributed by atoms with van der Waals surface area (Å²) < 4.78 is 36.4. The number of carbonyl (C=O) groups excluding carboxylic acids is 2. The fourth-order valence-electron chi connectivity index (χ4n) is 4.56. The lowest BCUT2D eigenvalue weighted by atomic mass is 9.71. The van der Waals surface area contributed by atoms with Crippen LogP contribution in [0.3, 0.4) is 0 Å². The number of nitrogens with one attached hydrogen (secondary N) is 2. The zero-order chi connectivity index (χ0) is 26.6. The molecule has 2 amide bonds. The first-order valence-corrected chi connectivity index (χ1v) is 14.2. The zero-order valence-electron chi connectivity index (χ0n) is 21.0. The van der Waals surface area contributed by atoms with Gasteiger partial charge in [-0.2, -0.15) is 0 Å². The maximum atomic E-state index is 13.2. The lowest BCUT2D eigenvalue weighted by molar-refractivity contribution is -0.127. The quantitative estimate of drug-likeness (QED) is 0.423. The summed E-state index contributed by atoms with van der Waals surface area (Å²) in [4.78, 5) is 25.7. The molecule has 1 aliphatic carbocycles. The number of rotatable bonds is 9. The zero-order valence-corrected chi connectivity index (χ0v) is 21.8. The van der Waals surface area contributed by atoms with E-state index in [9.17, 15) is 22.4 Å². The van der Waals surface area contributed by atoms with Crippen LogP contribution in [0, 0.1) is 11.7 Å². The van der Waals surface area contributed by atoms with Crippen molar-refractivity contribution < 1.29 is 22.4 Å². The van der Waals surface area contributed by atoms with E-state index in [1.807, 2.05) is 31.2 Å². The Morgan fingerprint density at radius 2 is 1.51 bits per heavy atom. The smallest absolute Gasteiger partial charge is 0.228 e. The van der Waals surface area contributed by atoms with E-state index in [-0.39, 0.29) is 34.9 Å². The molecule has 8 heteroatoms. The first kappa shape index (κ1) is 26.5. The van der Waals surface area contributed by atoms with Crippen LogP contribution in [-0.2, 0) is 37.8 Å². The Kier molecular flexibility index (Phi) is 7.78. The normalized spacial score (nSPS) is 15.3. The van der Waals surface area contributed by atoms with Crippen molar-refractivity contribution in [2.24, 2.45) is 5.92 Å². The van der Waals surface area contributed by atoms with Gasteiger partial charge in [0.25, 0.3) is 0 Å². The topological polar surface area (TPSA) is 92.3 Å². The summed E-state index contributed by atoms with van der Waals surface area (Å²) in [5.41, 5.74) is 2.85. The van der Waals surface area contributed by atoms with Crippen LogP contribution in [0.15, 0.2) is 77.7 Å². The fraction of sp³-hybridized carbons (Fsp3) is 0.310. The first-order valence-electron chi connectivity index (χ1n) is 12.3. The molecule has 37 heavy (non-hydrogen) atoms. The van der Waals surface area contributed by atoms with Crippen LogP contribution >= 0.6 is 0 Å². The predicted octanol–water partition coefficient (Wildman–Crippen LogP) is 4.78. The Morgan fingerprint density at radius 1 is 0.919 bits per heavy atom. The summed E-state index contributed by atoms with van der Waals surface area (Å²) >= 11 is 0. The van der Waals surface area contributed by atoms with Crippen LogP contribution in [0.4, 0.5) is 10.1 Å². The minimum atomic E-state index is -3.28. The third-order valence-electron chi connectivity index (χ3n) is 6.91. The van der Waals surface area contributed by atoms with Crippen LogP contribution in [-0.4, -0.2) is 26.5 Å². The van der Waals surface area contributed by atoms with Crippen molar-refractivity contribution in [1.29, 1.82) is 0 Å². The highest BCUT2D eigenvalue weighted by Crippen LogP contribution is 2.42. The SMILES string of the molecule is CC(Cc1ccc(F)cc1)C(=O)NC1(c2ccc(NC(=O)Cc3ccc(S(C)(=O)=O)cc3)cc2)CCC1. The second-order valence-corrected chi connectivity index (χ2v) is 11.9. The Morgan fingerprint density at radius 3 is 2.05 bits per heavy atom. The van der Waals surface area contributed by atoms with Gasteiger partial charge < -0.3 is 10.6 Å². The molecule has 0 saturated heterocycles. The van der Waals surface area contributed by atoms with Crippen molar-refractivity contribution >= 4 is 27.3 Å². The van der Waals surface area contributed by atoms with E-state index < -0.39 is 15.4 Å². The first-order chi connectivity index (χ1) is 17.5. The van der Waals surface area contributed by atoms with Gasteiger partial charge >= 0.3 is 0 Å². The van der Waals surface area contributed by atoms with Crippen LogP contribution in [0.5, 0.6) is 0 Å². The molecule has 0 aliphatic heterocycles. The third kappa shape index (κ3) is 6.63. The van der Waals surface area contributed by atoms with Crippen LogP contribution in [0.25, 0.3) is 0 Å². The molecule has 0 bridgehead atoms. The minimum absolute atomic E-state index is 0.0386. The van der Waals surface area contributed by atoms with E-state index in [1.165, 1.54) is 24.3 Å². The van der Waals surface area contributed by atoms with Crippen molar-refractivity contribution in [3.63, 3.8) is 0 Å². The summed E-state index contributed by atoms with van der Waals surface area (Å²) in [6.07, 6.45) is 4.51. The molecule has 0 aromatic heterocycles. The second kappa shape index (κ2) is 10.8. The summed E-state index contributed by atoms with van der Waals surface area (Å²) in [5.74, 6) is -0.797. The molecule has 1 aliphatic rings. The van der Waals surface area contributed by atoms with Gasteiger partial charge in [0.15, 0.2) is 9.84 Å². The van der Waals surface area contributed by atoms with Crippen LogP contribution < -0.4 is 10.6 Å². The molecular formula is C29H31FN2O4S. The van der Waals surface area contributed by atoms with Gasteiger partial charge in [0.2, 0.25) is 11.8 Å². The summed E-state index contributed by atoms with van der Waals surface area (Å²) in [6.45, 7) is 1.87. The fourth-order valence-corrected chi connectivity index (χ4v) is 5.19. The van der Waals surface area contributed by atoms with Gasteiger partial charge in [-0.25, -0.2) is 12.8 Å². The average molecular weight is 523 g/mol. The standard InChI is InChI=1S/C29H31FN2O4S/c1-20(18-21-4-10-24(30)11-5-21)28(34)32-29(16-3-17-29)23-8-12-25(13-9-23)31-27(33)19-22-6-14-26(15-7-22)37(2,35)36/h4-15,20H,3,16-19H2,1-2H3,(H,31,33)(H,32,34). The van der Waals surface area contributed by atoms with Crippen molar-refractivity contribution in [3.8, 4) is 0 Å². The minimum Gasteiger partial charge on any atom is -0.346 e. The summed E-state index contributed by atoms with van der Waals surface area (Å²) in [7, 11) is -3.28. The molecule has 0 spiro atoms. The van der Waals surface area contributed by atoms with E-state index in [0.29, 0.717) is 17.7 Å². The van der Waals surface area contributed by atoms with Crippen molar-refractivity contribution in [2.75, 3.05) is 11.6 Å². The van der Waals surface area contributed by atoms with Gasteiger partial charge in [-0.05, 0) is 78.8 Å². The van der Waals surface area contributed by atoms with Gasteiger partial charge in [0.1, 0.15) is 5.82 Å². The number of anilines is 1. The molecule has 0 heterocycles. The maximum absolute atomic E-state index is 13.2. The number of sulfone groups is 1. The molecule has 3 aromatic carbocycles. The Bertz CT molecular complexity index is 1360. The van der Waals surface area contributed by atoms with E-state index in [2.05, 4.69) is 10.6 Å². The number of hydrogen-bond acceptors (Lipinski definition) is 4.